The highest BCUT2D eigenvalue weighted by molar-refractivity contribution is 4.95. The number of hydrogen-bond acceptors (Lipinski definition) is 2. The van der Waals surface area contributed by atoms with Crippen molar-refractivity contribution in [2.75, 3.05) is 19.6 Å². The first kappa shape index (κ1) is 9.47. The lowest BCUT2D eigenvalue weighted by atomic mass is 9.68. The van der Waals surface area contributed by atoms with Gasteiger partial charge in [0.15, 0.2) is 0 Å². The van der Waals surface area contributed by atoms with E-state index in [0.29, 0.717) is 5.92 Å². The number of nitrogens with zero attached hydrogens (tertiary/aromatic N) is 1. The third kappa shape index (κ3) is 1.75. The summed E-state index contributed by atoms with van der Waals surface area (Å²) < 4.78 is 0. The molecule has 76 valence electrons. The summed E-state index contributed by atoms with van der Waals surface area (Å²) in [5.41, 5.74) is -0.250. The molecule has 0 unspecified atom stereocenters. The summed E-state index contributed by atoms with van der Waals surface area (Å²) in [5, 5.41) is 10.2. The maximum Gasteiger partial charge on any atom is 0.0676 e. The lowest BCUT2D eigenvalue weighted by molar-refractivity contribution is -0.0995. The van der Waals surface area contributed by atoms with Crippen LogP contribution in [0.25, 0.3) is 0 Å². The molecule has 1 saturated heterocycles. The first-order valence-corrected chi connectivity index (χ1v) is 5.69. The van der Waals surface area contributed by atoms with Gasteiger partial charge in [-0.15, -0.1) is 0 Å². The van der Waals surface area contributed by atoms with Crippen molar-refractivity contribution in [3.63, 3.8) is 0 Å². The van der Waals surface area contributed by atoms with E-state index in [9.17, 15) is 5.11 Å². The molecule has 1 saturated carbocycles. The Morgan fingerprint density at radius 3 is 2.31 bits per heavy atom. The molecule has 0 radical (unpaired) electrons. The van der Waals surface area contributed by atoms with Gasteiger partial charge in [0, 0.05) is 0 Å². The minimum Gasteiger partial charge on any atom is -0.390 e. The van der Waals surface area contributed by atoms with Crippen LogP contribution in [-0.2, 0) is 0 Å². The van der Waals surface area contributed by atoms with Crippen molar-refractivity contribution in [3.05, 3.63) is 0 Å². The second-order valence-electron chi connectivity index (χ2n) is 4.67. The number of piperidine rings is 1. The fourth-order valence-corrected chi connectivity index (χ4v) is 2.73. The van der Waals surface area contributed by atoms with E-state index >= 15 is 0 Å². The summed E-state index contributed by atoms with van der Waals surface area (Å²) in [6.07, 6.45) is 5.78. The molecule has 0 aromatic rings. The van der Waals surface area contributed by atoms with Gasteiger partial charge in [-0.3, -0.25) is 0 Å². The molecule has 0 aromatic heterocycles. The Balaban J connectivity index is 1.84. The van der Waals surface area contributed by atoms with Crippen LogP contribution in [0.1, 0.15) is 39.0 Å². The molecule has 2 nitrogen and oxygen atoms in total. The smallest absolute Gasteiger partial charge is 0.0676 e. The van der Waals surface area contributed by atoms with Gasteiger partial charge in [0.2, 0.25) is 0 Å². The van der Waals surface area contributed by atoms with Gasteiger partial charge in [-0.25, -0.2) is 0 Å². The standard InChI is InChI=1S/C11H21NO/c1-2-12-8-4-10(5-9-12)11(13)6-3-7-11/h10,13H,2-9H2,1H3. The van der Waals surface area contributed by atoms with Crippen molar-refractivity contribution >= 4 is 0 Å². The van der Waals surface area contributed by atoms with Crippen LogP contribution in [0.2, 0.25) is 0 Å². The predicted octanol–water partition coefficient (Wildman–Crippen LogP) is 1.63. The lowest BCUT2D eigenvalue weighted by Crippen LogP contribution is -2.49. The third-order valence-electron chi connectivity index (χ3n) is 4.01. The highest BCUT2D eigenvalue weighted by atomic mass is 16.3. The van der Waals surface area contributed by atoms with Crippen molar-refractivity contribution in [3.8, 4) is 0 Å². The van der Waals surface area contributed by atoms with Crippen molar-refractivity contribution < 1.29 is 5.11 Å². The Kier molecular flexibility index (Phi) is 2.61. The summed E-state index contributed by atoms with van der Waals surface area (Å²) in [4.78, 5) is 2.48. The molecule has 1 aliphatic carbocycles. The molecule has 0 atom stereocenters. The molecule has 0 amide bonds. The van der Waals surface area contributed by atoms with Crippen molar-refractivity contribution in [1.82, 2.24) is 4.90 Å². The highest BCUT2D eigenvalue weighted by Gasteiger charge is 2.42. The van der Waals surface area contributed by atoms with Gasteiger partial charge in [-0.1, -0.05) is 6.92 Å². The highest BCUT2D eigenvalue weighted by Crippen LogP contribution is 2.42. The largest absolute Gasteiger partial charge is 0.390 e. The third-order valence-corrected chi connectivity index (χ3v) is 4.01. The summed E-state index contributed by atoms with van der Waals surface area (Å²) in [5.74, 6) is 0.601. The molecular weight excluding hydrogens is 162 g/mol. The van der Waals surface area contributed by atoms with Crippen LogP contribution >= 0.6 is 0 Å². The van der Waals surface area contributed by atoms with Crippen LogP contribution in [-0.4, -0.2) is 35.2 Å². The zero-order valence-corrected chi connectivity index (χ0v) is 8.63. The number of hydrogen-bond donors (Lipinski definition) is 1. The lowest BCUT2D eigenvalue weighted by Gasteiger charge is -2.46. The quantitative estimate of drug-likeness (QED) is 0.703. The van der Waals surface area contributed by atoms with E-state index in [4.69, 9.17) is 0 Å². The fourth-order valence-electron chi connectivity index (χ4n) is 2.73. The normalized spacial score (nSPS) is 30.0. The fraction of sp³-hybridized carbons (Fsp3) is 1.00. The maximum absolute atomic E-state index is 10.2. The number of rotatable bonds is 2. The van der Waals surface area contributed by atoms with E-state index in [1.54, 1.807) is 0 Å². The summed E-state index contributed by atoms with van der Waals surface area (Å²) in [6.45, 7) is 5.79. The molecule has 0 bridgehead atoms. The minimum absolute atomic E-state index is 0.250. The van der Waals surface area contributed by atoms with Gasteiger partial charge < -0.3 is 10.0 Å². The van der Waals surface area contributed by atoms with Gasteiger partial charge in [-0.2, -0.15) is 0 Å². The van der Waals surface area contributed by atoms with Crippen LogP contribution in [0, 0.1) is 5.92 Å². The van der Waals surface area contributed by atoms with Gasteiger partial charge in [0.05, 0.1) is 5.60 Å². The molecule has 2 fully saturated rings. The average molecular weight is 183 g/mol. The maximum atomic E-state index is 10.2. The van der Waals surface area contributed by atoms with Gasteiger partial charge in [0.25, 0.3) is 0 Å². The van der Waals surface area contributed by atoms with Crippen LogP contribution in [0.4, 0.5) is 0 Å². The van der Waals surface area contributed by atoms with Gasteiger partial charge in [0.1, 0.15) is 0 Å². The Morgan fingerprint density at radius 1 is 1.31 bits per heavy atom. The van der Waals surface area contributed by atoms with Gasteiger partial charge in [-0.05, 0) is 57.7 Å². The number of aliphatic hydroxyl groups is 1. The van der Waals surface area contributed by atoms with E-state index in [2.05, 4.69) is 11.8 Å². The first-order chi connectivity index (χ1) is 6.24. The van der Waals surface area contributed by atoms with E-state index in [0.717, 1.165) is 12.8 Å². The minimum atomic E-state index is -0.250. The molecule has 13 heavy (non-hydrogen) atoms. The van der Waals surface area contributed by atoms with Crippen molar-refractivity contribution in [2.24, 2.45) is 5.92 Å². The van der Waals surface area contributed by atoms with Crippen LogP contribution in [0.3, 0.4) is 0 Å². The zero-order chi connectivity index (χ0) is 9.31. The van der Waals surface area contributed by atoms with E-state index in [1.165, 1.54) is 38.9 Å². The Labute approximate surface area is 80.9 Å². The van der Waals surface area contributed by atoms with E-state index < -0.39 is 0 Å². The van der Waals surface area contributed by atoms with Gasteiger partial charge >= 0.3 is 0 Å². The zero-order valence-electron chi connectivity index (χ0n) is 8.63. The SMILES string of the molecule is CCN1CCC(C2(O)CCC2)CC1. The van der Waals surface area contributed by atoms with E-state index in [-0.39, 0.29) is 5.60 Å². The van der Waals surface area contributed by atoms with Crippen molar-refractivity contribution in [1.29, 1.82) is 0 Å². The molecule has 1 N–H and O–H groups in total. The Bertz CT molecular complexity index is 169. The van der Waals surface area contributed by atoms with Crippen molar-refractivity contribution in [2.45, 2.75) is 44.6 Å². The molecule has 0 spiro atoms. The topological polar surface area (TPSA) is 23.5 Å². The first-order valence-electron chi connectivity index (χ1n) is 5.69. The summed E-state index contributed by atoms with van der Waals surface area (Å²) >= 11 is 0. The molecular formula is C11H21NO. The average Bonchev–Trinajstić information content (AvgIpc) is 2.14. The number of likely N-dealkylation sites (tertiary alicyclic amines) is 1. The molecule has 2 rings (SSSR count). The molecule has 1 aliphatic heterocycles. The molecule has 1 heterocycles. The summed E-state index contributed by atoms with van der Waals surface area (Å²) in [7, 11) is 0. The van der Waals surface area contributed by atoms with Crippen LogP contribution in [0.5, 0.6) is 0 Å². The van der Waals surface area contributed by atoms with Crippen LogP contribution in [0.15, 0.2) is 0 Å². The Hall–Kier alpha value is -0.0800. The Morgan fingerprint density at radius 2 is 1.92 bits per heavy atom. The van der Waals surface area contributed by atoms with E-state index in [1.807, 2.05) is 0 Å². The second kappa shape index (κ2) is 3.58. The van der Waals surface area contributed by atoms with Crippen LogP contribution < -0.4 is 0 Å². The summed E-state index contributed by atoms with van der Waals surface area (Å²) in [6, 6.07) is 0. The second-order valence-corrected chi connectivity index (χ2v) is 4.67. The molecule has 2 aliphatic rings. The molecule has 2 heteroatoms. The molecule has 0 aromatic carbocycles. The predicted molar refractivity (Wildman–Crippen MR) is 53.6 cm³/mol. The monoisotopic (exact) mass is 183 g/mol.